The van der Waals surface area contributed by atoms with E-state index in [1.807, 2.05) is 0 Å². The summed E-state index contributed by atoms with van der Waals surface area (Å²) in [5.41, 5.74) is 0.450. The zero-order valence-electron chi connectivity index (χ0n) is 13.6. The predicted octanol–water partition coefficient (Wildman–Crippen LogP) is 0.515. The van der Waals surface area contributed by atoms with Crippen LogP contribution < -0.4 is 15.4 Å². The minimum absolute atomic E-state index is 0. The molecule has 1 aliphatic rings. The second kappa shape index (κ2) is 9.95. The second-order valence-corrected chi connectivity index (χ2v) is 7.20. The Kier molecular flexibility index (Phi) is 8.65. The number of methoxy groups -OCH3 is 1. The van der Waals surface area contributed by atoms with E-state index < -0.39 is 10.0 Å². The first kappa shape index (κ1) is 20.9. The van der Waals surface area contributed by atoms with Crippen LogP contribution in [-0.2, 0) is 14.8 Å². The molecule has 1 heterocycles. The van der Waals surface area contributed by atoms with Gasteiger partial charge in [0, 0.05) is 31.8 Å². The van der Waals surface area contributed by atoms with Crippen molar-refractivity contribution in [3.05, 3.63) is 29.8 Å². The van der Waals surface area contributed by atoms with Crippen LogP contribution in [0.25, 0.3) is 0 Å². The number of sulfonamides is 1. The lowest BCUT2D eigenvalue weighted by Gasteiger charge is -2.23. The van der Waals surface area contributed by atoms with Gasteiger partial charge < -0.3 is 15.4 Å². The van der Waals surface area contributed by atoms with Crippen molar-refractivity contribution in [2.75, 3.05) is 33.4 Å². The molecule has 1 saturated heterocycles. The van der Waals surface area contributed by atoms with Crippen LogP contribution in [0, 0.1) is 0 Å². The van der Waals surface area contributed by atoms with Crippen LogP contribution in [0.3, 0.4) is 0 Å². The smallest absolute Gasteiger partial charge is 0.251 e. The fourth-order valence-electron chi connectivity index (χ4n) is 2.39. The Morgan fingerprint density at radius 1 is 1.33 bits per heavy atom. The molecule has 0 aliphatic carbocycles. The van der Waals surface area contributed by atoms with E-state index in [0.717, 1.165) is 25.9 Å². The van der Waals surface area contributed by atoms with Crippen molar-refractivity contribution in [3.8, 4) is 0 Å². The molecule has 0 saturated carbocycles. The summed E-state index contributed by atoms with van der Waals surface area (Å²) in [6, 6.07) is 6.04. The molecule has 0 spiro atoms. The Morgan fingerprint density at radius 3 is 2.62 bits per heavy atom. The lowest BCUT2D eigenvalue weighted by atomic mass is 10.1. The van der Waals surface area contributed by atoms with Crippen molar-refractivity contribution >= 4 is 28.3 Å². The summed E-state index contributed by atoms with van der Waals surface area (Å²) in [6.45, 7) is 2.25. The van der Waals surface area contributed by atoms with Crippen molar-refractivity contribution < 1.29 is 17.9 Å². The Bertz CT molecular complexity index is 616. The van der Waals surface area contributed by atoms with Gasteiger partial charge in [0.15, 0.2) is 0 Å². The molecule has 1 aromatic carbocycles. The van der Waals surface area contributed by atoms with Gasteiger partial charge in [-0.1, -0.05) is 0 Å². The topological polar surface area (TPSA) is 96.5 Å². The number of halogens is 1. The van der Waals surface area contributed by atoms with Crippen LogP contribution in [0.4, 0.5) is 0 Å². The zero-order chi connectivity index (χ0) is 16.7. The number of hydrogen-bond acceptors (Lipinski definition) is 5. The summed E-state index contributed by atoms with van der Waals surface area (Å²) >= 11 is 0. The fourth-order valence-corrected chi connectivity index (χ4v) is 3.40. The number of benzene rings is 1. The van der Waals surface area contributed by atoms with Crippen LogP contribution in [-0.4, -0.2) is 53.7 Å². The molecule has 0 aromatic heterocycles. The number of carbonyl (C=O) groups excluding carboxylic acids is 1. The lowest BCUT2D eigenvalue weighted by Crippen LogP contribution is -2.45. The van der Waals surface area contributed by atoms with E-state index in [1.165, 1.54) is 31.4 Å². The first-order valence-electron chi connectivity index (χ1n) is 7.63. The Morgan fingerprint density at radius 2 is 2.04 bits per heavy atom. The third kappa shape index (κ3) is 6.03. The molecule has 0 radical (unpaired) electrons. The minimum atomic E-state index is -3.57. The average Bonchev–Trinajstić information content (AvgIpc) is 2.56. The van der Waals surface area contributed by atoms with Gasteiger partial charge in [-0.3, -0.25) is 4.79 Å². The van der Waals surface area contributed by atoms with Crippen LogP contribution in [0.2, 0.25) is 0 Å². The molecule has 3 N–H and O–H groups in total. The SMILES string of the molecule is COCCNS(=O)(=O)c1ccc(C(=O)N[C@H]2CCCNC2)cc1.Cl. The van der Waals surface area contributed by atoms with E-state index in [-0.39, 0.29) is 35.8 Å². The largest absolute Gasteiger partial charge is 0.383 e. The maximum absolute atomic E-state index is 12.2. The Labute approximate surface area is 149 Å². The molecule has 2 rings (SSSR count). The average molecular weight is 378 g/mol. The standard InChI is InChI=1S/C15H23N3O4S.ClH/c1-22-10-9-17-23(20,21)14-6-4-12(5-7-14)15(19)18-13-3-2-8-16-11-13;/h4-7,13,16-17H,2-3,8-11H2,1H3,(H,18,19);1H/t13-;/m0./s1. The van der Waals surface area contributed by atoms with Crippen LogP contribution in [0.1, 0.15) is 23.2 Å². The lowest BCUT2D eigenvalue weighted by molar-refractivity contribution is 0.0930. The minimum Gasteiger partial charge on any atom is -0.383 e. The third-order valence-electron chi connectivity index (χ3n) is 3.66. The highest BCUT2D eigenvalue weighted by Gasteiger charge is 2.18. The number of nitrogens with one attached hydrogen (secondary N) is 3. The number of ether oxygens (including phenoxy) is 1. The van der Waals surface area contributed by atoms with Crippen LogP contribution in [0.15, 0.2) is 29.2 Å². The molecule has 1 fully saturated rings. The van der Waals surface area contributed by atoms with Crippen molar-refractivity contribution in [1.29, 1.82) is 0 Å². The van der Waals surface area contributed by atoms with Crippen LogP contribution >= 0.6 is 12.4 Å². The maximum atomic E-state index is 12.2. The summed E-state index contributed by atoms with van der Waals surface area (Å²) in [6.07, 6.45) is 1.99. The predicted molar refractivity (Wildman–Crippen MR) is 94.1 cm³/mol. The molecule has 1 aliphatic heterocycles. The van der Waals surface area contributed by atoms with E-state index in [1.54, 1.807) is 0 Å². The molecule has 7 nitrogen and oxygen atoms in total. The van der Waals surface area contributed by atoms with Gasteiger partial charge in [0.2, 0.25) is 10.0 Å². The summed E-state index contributed by atoms with van der Waals surface area (Å²) in [5.74, 6) is -0.185. The maximum Gasteiger partial charge on any atom is 0.251 e. The van der Waals surface area contributed by atoms with Gasteiger partial charge in [0.05, 0.1) is 11.5 Å². The molecule has 9 heteroatoms. The molecule has 24 heavy (non-hydrogen) atoms. The van der Waals surface area contributed by atoms with Gasteiger partial charge >= 0.3 is 0 Å². The molecule has 1 aromatic rings. The highest BCUT2D eigenvalue weighted by molar-refractivity contribution is 7.89. The van der Waals surface area contributed by atoms with E-state index in [4.69, 9.17) is 4.74 Å². The number of rotatable bonds is 7. The molecular weight excluding hydrogens is 354 g/mol. The Balaban J connectivity index is 0.00000288. The van der Waals surface area contributed by atoms with E-state index in [0.29, 0.717) is 12.2 Å². The summed E-state index contributed by atoms with van der Waals surface area (Å²) in [7, 11) is -2.07. The number of carbonyl (C=O) groups is 1. The molecule has 1 amide bonds. The molecule has 0 unspecified atom stereocenters. The van der Waals surface area contributed by atoms with Gasteiger partial charge in [-0.05, 0) is 43.7 Å². The van der Waals surface area contributed by atoms with Crippen molar-refractivity contribution in [2.24, 2.45) is 0 Å². The summed E-state index contributed by atoms with van der Waals surface area (Å²) in [5, 5.41) is 6.18. The first-order valence-corrected chi connectivity index (χ1v) is 9.11. The highest BCUT2D eigenvalue weighted by Crippen LogP contribution is 2.11. The van der Waals surface area contributed by atoms with E-state index in [9.17, 15) is 13.2 Å². The quantitative estimate of drug-likeness (QED) is 0.602. The van der Waals surface area contributed by atoms with Gasteiger partial charge in [-0.25, -0.2) is 13.1 Å². The third-order valence-corrected chi connectivity index (χ3v) is 5.13. The monoisotopic (exact) mass is 377 g/mol. The van der Waals surface area contributed by atoms with Crippen molar-refractivity contribution in [3.63, 3.8) is 0 Å². The van der Waals surface area contributed by atoms with Gasteiger partial charge in [-0.2, -0.15) is 0 Å². The summed E-state index contributed by atoms with van der Waals surface area (Å²) < 4.78 is 31.3. The molecule has 136 valence electrons. The fraction of sp³-hybridized carbons (Fsp3) is 0.533. The molecule has 1 atom stereocenters. The van der Waals surface area contributed by atoms with Gasteiger partial charge in [0.25, 0.3) is 5.91 Å². The Hall–Kier alpha value is -1.19. The first-order chi connectivity index (χ1) is 11.0. The highest BCUT2D eigenvalue weighted by atomic mass is 35.5. The zero-order valence-corrected chi connectivity index (χ0v) is 15.2. The van der Waals surface area contributed by atoms with Crippen molar-refractivity contribution in [1.82, 2.24) is 15.4 Å². The van der Waals surface area contributed by atoms with Crippen LogP contribution in [0.5, 0.6) is 0 Å². The number of hydrogen-bond donors (Lipinski definition) is 3. The van der Waals surface area contributed by atoms with E-state index in [2.05, 4.69) is 15.4 Å². The van der Waals surface area contributed by atoms with Crippen molar-refractivity contribution in [2.45, 2.75) is 23.8 Å². The van der Waals surface area contributed by atoms with E-state index >= 15 is 0 Å². The molecule has 0 bridgehead atoms. The van der Waals surface area contributed by atoms with Gasteiger partial charge in [-0.15, -0.1) is 12.4 Å². The second-order valence-electron chi connectivity index (χ2n) is 5.43. The number of piperidine rings is 1. The number of amides is 1. The normalized spacial score (nSPS) is 17.8. The van der Waals surface area contributed by atoms with Gasteiger partial charge in [0.1, 0.15) is 0 Å². The summed E-state index contributed by atoms with van der Waals surface area (Å²) in [4.78, 5) is 12.3. The molecular formula is C15H24ClN3O4S.